The molecular weight excluding hydrogens is 325 g/mol. The lowest BCUT2D eigenvalue weighted by atomic mass is 9.72. The molecule has 1 rings (SSSR count). The monoisotopic (exact) mass is 325 g/mol. The lowest BCUT2D eigenvalue weighted by Gasteiger charge is -2.52. The maximum absolute atomic E-state index is 13.1. The minimum absolute atomic E-state index is 4.39. The van der Waals surface area contributed by atoms with Crippen molar-refractivity contribution in [1.82, 2.24) is 0 Å². The summed E-state index contributed by atoms with van der Waals surface area (Å²) in [5.74, 6) is -41.4. The highest BCUT2D eigenvalue weighted by Crippen LogP contribution is 2.69. The summed E-state index contributed by atoms with van der Waals surface area (Å²) in [5, 5.41) is 9.94. The molecule has 0 aromatic carbocycles. The Hall–Kier alpha value is -1.30. The number of carboxylic acids is 1. The van der Waals surface area contributed by atoms with Crippen molar-refractivity contribution in [3.63, 3.8) is 0 Å². The largest absolute Gasteiger partial charge is 0.546 e. The average Bonchev–Trinajstić information content (AvgIpc) is 2.24. The first-order chi connectivity index (χ1) is 8.44. The second-order valence-corrected chi connectivity index (χ2v) is 3.82. The second-order valence-electron chi connectivity index (χ2n) is 3.82. The van der Waals surface area contributed by atoms with Crippen LogP contribution in [0.1, 0.15) is 0 Å². The van der Waals surface area contributed by atoms with E-state index in [2.05, 4.69) is 0 Å². The van der Waals surface area contributed by atoms with Gasteiger partial charge in [-0.05, 0) is 0 Å². The normalized spacial score (nSPS) is 31.6. The molecule has 0 atom stereocenters. The van der Waals surface area contributed by atoms with Crippen LogP contribution in [0.25, 0.3) is 0 Å². The van der Waals surface area contributed by atoms with Gasteiger partial charge in [-0.3, -0.25) is 0 Å². The van der Waals surface area contributed by atoms with E-state index in [9.17, 15) is 58.2 Å². The molecule has 1 aliphatic carbocycles. The fourth-order valence-corrected chi connectivity index (χ4v) is 1.48. The molecule has 0 saturated heterocycles. The third-order valence-corrected chi connectivity index (χ3v) is 2.72. The zero-order valence-corrected chi connectivity index (χ0v) is 8.47. The maximum Gasteiger partial charge on any atom is 0.384 e. The number of carboxylic acid groups (broad SMARTS) is 1. The number of aliphatic carboxylic acids is 1. The molecular formula is C7F11O2-. The second kappa shape index (κ2) is 3.47. The van der Waals surface area contributed by atoms with Crippen molar-refractivity contribution >= 4 is 5.97 Å². The van der Waals surface area contributed by atoms with Gasteiger partial charge in [0.2, 0.25) is 0 Å². The van der Waals surface area contributed by atoms with Crippen LogP contribution in [0.15, 0.2) is 0 Å². The topological polar surface area (TPSA) is 40.1 Å². The first-order valence-corrected chi connectivity index (χ1v) is 4.24. The Kier molecular flexibility index (Phi) is 2.91. The fourth-order valence-electron chi connectivity index (χ4n) is 1.48. The molecule has 13 heteroatoms. The summed E-state index contributed by atoms with van der Waals surface area (Å²) >= 11 is 0. The molecule has 0 radical (unpaired) electrons. The third-order valence-electron chi connectivity index (χ3n) is 2.72. The van der Waals surface area contributed by atoms with E-state index < -0.39 is 41.3 Å². The van der Waals surface area contributed by atoms with E-state index >= 15 is 0 Å². The molecule has 0 aromatic rings. The van der Waals surface area contributed by atoms with Crippen LogP contribution in [-0.2, 0) is 4.79 Å². The van der Waals surface area contributed by atoms with Crippen LogP contribution in [0.2, 0.25) is 0 Å². The summed E-state index contributed by atoms with van der Waals surface area (Å²) < 4.78 is 140. The van der Waals surface area contributed by atoms with Gasteiger partial charge in [-0.1, -0.05) is 0 Å². The minimum Gasteiger partial charge on any atom is -0.546 e. The number of halogens is 11. The van der Waals surface area contributed by atoms with Crippen LogP contribution < -0.4 is 5.11 Å². The Morgan fingerprint density at radius 2 is 0.750 bits per heavy atom. The van der Waals surface area contributed by atoms with Gasteiger partial charge in [0.15, 0.2) is 0 Å². The first kappa shape index (κ1) is 16.8. The van der Waals surface area contributed by atoms with Gasteiger partial charge in [0.25, 0.3) is 5.67 Å². The zero-order chi connectivity index (χ0) is 16.6. The van der Waals surface area contributed by atoms with Gasteiger partial charge in [-0.2, -0.15) is 43.9 Å². The molecule has 20 heavy (non-hydrogen) atoms. The van der Waals surface area contributed by atoms with Gasteiger partial charge >= 0.3 is 29.6 Å². The fraction of sp³-hybridized carbons (Fsp3) is 0.857. The van der Waals surface area contributed by atoms with Crippen molar-refractivity contribution in [3.05, 3.63) is 0 Å². The van der Waals surface area contributed by atoms with Crippen LogP contribution in [0, 0.1) is 0 Å². The Bertz CT molecular complexity index is 424. The Morgan fingerprint density at radius 3 is 0.950 bits per heavy atom. The van der Waals surface area contributed by atoms with E-state index in [1.165, 1.54) is 0 Å². The van der Waals surface area contributed by atoms with Gasteiger partial charge < -0.3 is 9.90 Å². The van der Waals surface area contributed by atoms with Crippen molar-refractivity contribution in [3.8, 4) is 0 Å². The molecule has 0 bridgehead atoms. The smallest absolute Gasteiger partial charge is 0.384 e. The van der Waals surface area contributed by atoms with Crippen molar-refractivity contribution in [2.24, 2.45) is 0 Å². The SMILES string of the molecule is O=C([O-])C1(F)C(F)(F)C(F)(F)C(F)(F)C(F)(F)C1(F)F. The number of carbonyl (C=O) groups excluding carboxylic acids is 1. The summed E-state index contributed by atoms with van der Waals surface area (Å²) in [6.45, 7) is 0. The highest BCUT2D eigenvalue weighted by molar-refractivity contribution is 5.80. The van der Waals surface area contributed by atoms with E-state index in [-0.39, 0.29) is 0 Å². The average molecular weight is 325 g/mol. The number of hydrogen-bond acceptors (Lipinski definition) is 2. The number of rotatable bonds is 1. The number of hydrogen-bond donors (Lipinski definition) is 0. The van der Waals surface area contributed by atoms with Gasteiger partial charge in [-0.25, -0.2) is 4.39 Å². The molecule has 0 N–H and O–H groups in total. The molecule has 1 fully saturated rings. The van der Waals surface area contributed by atoms with E-state index in [1.807, 2.05) is 0 Å². The molecule has 0 amide bonds. The highest BCUT2D eigenvalue weighted by atomic mass is 19.4. The molecule has 0 aromatic heterocycles. The van der Waals surface area contributed by atoms with Crippen LogP contribution in [0.4, 0.5) is 48.3 Å². The summed E-state index contributed by atoms with van der Waals surface area (Å²) in [6, 6.07) is 0. The van der Waals surface area contributed by atoms with Crippen LogP contribution in [0.5, 0.6) is 0 Å². The maximum atomic E-state index is 13.1. The van der Waals surface area contributed by atoms with Crippen molar-refractivity contribution in [1.29, 1.82) is 0 Å². The highest BCUT2D eigenvalue weighted by Gasteiger charge is 3.01. The Morgan fingerprint density at radius 1 is 0.550 bits per heavy atom. The van der Waals surface area contributed by atoms with E-state index in [4.69, 9.17) is 0 Å². The lowest BCUT2D eigenvalue weighted by molar-refractivity contribution is -0.487. The predicted octanol–water partition coefficient (Wildman–Crippen LogP) is 1.63. The van der Waals surface area contributed by atoms with Gasteiger partial charge in [0.1, 0.15) is 0 Å². The quantitative estimate of drug-likeness (QED) is 0.688. The third kappa shape index (κ3) is 1.19. The minimum atomic E-state index is -7.42. The Labute approximate surface area is 101 Å². The molecule has 0 unspecified atom stereocenters. The standard InChI is InChI=1S/C7HF11O2/c8-2(1(19)20)3(9,10)5(13,14)7(17,18)6(15,16)4(2,11)12/h(H,19,20)/p-1. The van der Waals surface area contributed by atoms with E-state index in [0.717, 1.165) is 0 Å². The molecule has 0 spiro atoms. The van der Waals surface area contributed by atoms with Crippen LogP contribution in [0.3, 0.4) is 0 Å². The number of alkyl halides is 11. The summed E-state index contributed by atoms with van der Waals surface area (Å²) in [7, 11) is 0. The number of carbonyl (C=O) groups is 1. The summed E-state index contributed by atoms with van der Waals surface area (Å²) in [6.07, 6.45) is 0. The van der Waals surface area contributed by atoms with Crippen molar-refractivity contribution in [2.75, 3.05) is 0 Å². The van der Waals surface area contributed by atoms with Gasteiger partial charge in [0, 0.05) is 0 Å². The van der Waals surface area contributed by atoms with Crippen LogP contribution >= 0.6 is 0 Å². The van der Waals surface area contributed by atoms with E-state index in [0.29, 0.717) is 0 Å². The van der Waals surface area contributed by atoms with Crippen molar-refractivity contribution < 1.29 is 58.2 Å². The molecule has 0 heterocycles. The molecule has 2 nitrogen and oxygen atoms in total. The van der Waals surface area contributed by atoms with Gasteiger partial charge in [-0.15, -0.1) is 0 Å². The summed E-state index contributed by atoms with van der Waals surface area (Å²) in [5.41, 5.74) is -7.05. The lowest BCUT2D eigenvalue weighted by Crippen LogP contribution is -2.86. The Balaban J connectivity index is 3.88. The van der Waals surface area contributed by atoms with Crippen molar-refractivity contribution in [2.45, 2.75) is 35.3 Å². The molecule has 0 aliphatic heterocycles. The summed E-state index contributed by atoms with van der Waals surface area (Å²) in [4.78, 5) is 9.94. The molecule has 1 saturated carbocycles. The molecule has 1 aliphatic rings. The predicted molar refractivity (Wildman–Crippen MR) is 33.6 cm³/mol. The first-order valence-electron chi connectivity index (χ1n) is 4.24. The molecule has 118 valence electrons. The van der Waals surface area contributed by atoms with Crippen LogP contribution in [-0.4, -0.2) is 41.3 Å². The van der Waals surface area contributed by atoms with E-state index in [1.54, 1.807) is 0 Å². The zero-order valence-electron chi connectivity index (χ0n) is 8.47. The van der Waals surface area contributed by atoms with Gasteiger partial charge in [0.05, 0.1) is 5.97 Å².